The number of nitrogens with zero attached hydrogens (tertiary/aromatic N) is 1. The Labute approximate surface area is 218 Å². The third kappa shape index (κ3) is 7.59. The van der Waals surface area contributed by atoms with Gasteiger partial charge >= 0.3 is 5.69 Å². The van der Waals surface area contributed by atoms with Gasteiger partial charge in [-0.05, 0) is 12.0 Å². The van der Waals surface area contributed by atoms with Gasteiger partial charge in [0.05, 0.1) is 6.61 Å². The van der Waals surface area contributed by atoms with E-state index in [1.807, 2.05) is 37.3 Å². The van der Waals surface area contributed by atoms with Crippen molar-refractivity contribution in [1.29, 1.82) is 0 Å². The molecule has 1 aromatic carbocycles. The average molecular weight is 572 g/mol. The molecule has 0 bridgehead atoms. The van der Waals surface area contributed by atoms with Crippen molar-refractivity contribution >= 4 is 15.4 Å². The monoisotopic (exact) mass is 572 g/mol. The average Bonchev–Trinajstić information content (AvgIpc) is 3.40. The zero-order chi connectivity index (χ0) is 27.3. The molecule has 3 heterocycles. The summed E-state index contributed by atoms with van der Waals surface area (Å²) < 4.78 is 52.7. The third-order valence-corrected chi connectivity index (χ3v) is 9.31. The maximum Gasteiger partial charge on any atom is 0.330 e. The van der Waals surface area contributed by atoms with Crippen molar-refractivity contribution < 1.29 is 42.0 Å². The van der Waals surface area contributed by atoms with Crippen molar-refractivity contribution in [2.24, 2.45) is 0 Å². The molecule has 1 N–H and O–H groups in total. The van der Waals surface area contributed by atoms with Crippen LogP contribution in [-0.2, 0) is 38.6 Å². The lowest BCUT2D eigenvalue weighted by Crippen LogP contribution is -2.36. The molecule has 4 rings (SSSR count). The largest absolute Gasteiger partial charge is 0.778 e. The Hall–Kier alpha value is -1.92. The summed E-state index contributed by atoms with van der Waals surface area (Å²) in [5.41, 5.74) is -0.440. The van der Waals surface area contributed by atoms with Crippen LogP contribution in [0.4, 0.5) is 0 Å². The first-order valence-corrected chi connectivity index (χ1v) is 15.5. The van der Waals surface area contributed by atoms with Gasteiger partial charge in [-0.1, -0.05) is 56.5 Å². The summed E-state index contributed by atoms with van der Waals surface area (Å²) in [7, 11) is -9.94. The predicted octanol–water partition coefficient (Wildman–Crippen LogP) is 1.42. The molecule has 2 aliphatic heterocycles. The highest BCUT2D eigenvalue weighted by Gasteiger charge is 2.54. The Morgan fingerprint density at radius 2 is 1.74 bits per heavy atom. The molecule has 15 heteroatoms. The second-order valence-corrected chi connectivity index (χ2v) is 12.6. The molecule has 4 unspecified atom stereocenters. The molecular weight excluding hydrogens is 542 g/mol. The van der Waals surface area contributed by atoms with Gasteiger partial charge in [0.25, 0.3) is 13.4 Å². The van der Waals surface area contributed by atoms with Crippen LogP contribution >= 0.6 is 15.4 Å². The van der Waals surface area contributed by atoms with E-state index in [9.17, 15) is 28.5 Å². The van der Waals surface area contributed by atoms with E-state index >= 15 is 0 Å². The second-order valence-electron chi connectivity index (χ2n) is 9.12. The molecule has 2 fully saturated rings. The smallest absolute Gasteiger partial charge is 0.330 e. The number of unbranched alkanes of at least 4 members (excludes halogenated alkanes) is 3. The summed E-state index contributed by atoms with van der Waals surface area (Å²) in [6.45, 7) is 1.32. The van der Waals surface area contributed by atoms with Gasteiger partial charge in [0, 0.05) is 24.8 Å². The van der Waals surface area contributed by atoms with E-state index in [0.717, 1.165) is 29.0 Å². The van der Waals surface area contributed by atoms with Gasteiger partial charge < -0.3 is 33.1 Å². The Bertz CT molecular complexity index is 1280. The van der Waals surface area contributed by atoms with E-state index in [0.29, 0.717) is 12.8 Å². The lowest BCUT2D eigenvalue weighted by atomic mass is 10.1. The standard InChI is InChI=1S/C23H32N2O11P2/c1-2-3-4-8-13-37(28,29)36-38(30,31)32-15-17-20-21(22(33-17)25-12-11-18(26)24-23(25)27)35-19(34-20)14-16-9-6-5-7-10-16/h5-7,9-12,17,19-22H,2-4,8,13-15H2,1H3,(H,28,29)(H,30,31)(H,24,26,27)/p-2/t17-,19?,20?,21+,22-/m1/s1. The fourth-order valence-electron chi connectivity index (χ4n) is 4.40. The van der Waals surface area contributed by atoms with Crippen molar-refractivity contribution in [3.63, 3.8) is 0 Å². The number of aromatic amines is 1. The summed E-state index contributed by atoms with van der Waals surface area (Å²) >= 11 is 0. The van der Waals surface area contributed by atoms with Gasteiger partial charge in [-0.2, -0.15) is 0 Å². The number of phosphoric acid groups is 1. The molecule has 0 saturated carbocycles. The number of rotatable bonds is 13. The fourth-order valence-corrected chi connectivity index (χ4v) is 7.08. The molecule has 0 aliphatic carbocycles. The summed E-state index contributed by atoms with van der Waals surface area (Å²) in [5, 5.41) is 0. The fraction of sp³-hybridized carbons (Fsp3) is 0.565. The number of hydrogen-bond acceptors (Lipinski definition) is 11. The number of fused-ring (bicyclic) bond motifs is 1. The van der Waals surface area contributed by atoms with E-state index < -0.39 is 70.3 Å². The van der Waals surface area contributed by atoms with Crippen LogP contribution in [0.25, 0.3) is 0 Å². The Kier molecular flexibility index (Phi) is 9.57. The van der Waals surface area contributed by atoms with Gasteiger partial charge in [0.15, 0.2) is 12.5 Å². The highest BCUT2D eigenvalue weighted by molar-refractivity contribution is 7.62. The number of phosphoric ester groups is 1. The molecular formula is C23H30N2O11P2-2. The molecule has 38 heavy (non-hydrogen) atoms. The van der Waals surface area contributed by atoms with Crippen molar-refractivity contribution in [2.45, 2.75) is 69.9 Å². The quantitative estimate of drug-likeness (QED) is 0.271. The summed E-state index contributed by atoms with van der Waals surface area (Å²) in [6, 6.07) is 10.5. The van der Waals surface area contributed by atoms with Crippen LogP contribution in [-0.4, -0.2) is 46.9 Å². The maximum absolute atomic E-state index is 12.4. The van der Waals surface area contributed by atoms with Crippen molar-refractivity contribution in [1.82, 2.24) is 9.55 Å². The SMILES string of the molecule is CCCCCCP(=O)([O-])OP(=O)([O-])OC[C@H]1O[C@@H](n2ccc(=O)[nH]c2=O)[C@H]2OC(Cc3ccccc3)OC12. The predicted molar refractivity (Wildman–Crippen MR) is 130 cm³/mol. The summed E-state index contributed by atoms with van der Waals surface area (Å²) in [5.74, 6) is 0. The van der Waals surface area contributed by atoms with Crippen LogP contribution in [0.3, 0.4) is 0 Å². The summed E-state index contributed by atoms with van der Waals surface area (Å²) in [6.07, 6.45) is -0.805. The molecule has 13 nitrogen and oxygen atoms in total. The van der Waals surface area contributed by atoms with Crippen LogP contribution in [0.2, 0.25) is 0 Å². The number of H-pyrrole nitrogens is 1. The lowest BCUT2D eigenvalue weighted by molar-refractivity contribution is -0.234. The maximum atomic E-state index is 12.4. The lowest BCUT2D eigenvalue weighted by Gasteiger charge is -2.32. The zero-order valence-electron chi connectivity index (χ0n) is 20.7. The first kappa shape index (κ1) is 29.1. The van der Waals surface area contributed by atoms with Crippen LogP contribution < -0.4 is 21.0 Å². The van der Waals surface area contributed by atoms with Gasteiger partial charge in [-0.25, -0.2) is 4.79 Å². The van der Waals surface area contributed by atoms with Gasteiger partial charge in [0.2, 0.25) is 0 Å². The van der Waals surface area contributed by atoms with E-state index in [2.05, 4.69) is 9.29 Å². The molecule has 2 aliphatic rings. The van der Waals surface area contributed by atoms with E-state index in [1.165, 1.54) is 6.20 Å². The normalized spacial score (nSPS) is 28.0. The van der Waals surface area contributed by atoms with E-state index in [1.54, 1.807) is 0 Å². The van der Waals surface area contributed by atoms with Crippen molar-refractivity contribution in [3.05, 3.63) is 69.0 Å². The minimum Gasteiger partial charge on any atom is -0.778 e. The van der Waals surface area contributed by atoms with Crippen LogP contribution in [0.5, 0.6) is 0 Å². The topological polar surface area (TPSA) is 181 Å². The molecule has 210 valence electrons. The minimum absolute atomic E-state index is 0.272. The highest BCUT2D eigenvalue weighted by Crippen LogP contribution is 2.55. The van der Waals surface area contributed by atoms with E-state index in [4.69, 9.17) is 18.7 Å². The van der Waals surface area contributed by atoms with Crippen molar-refractivity contribution in [2.75, 3.05) is 12.8 Å². The highest BCUT2D eigenvalue weighted by atomic mass is 31.3. The van der Waals surface area contributed by atoms with Crippen LogP contribution in [0, 0.1) is 0 Å². The van der Waals surface area contributed by atoms with Gasteiger partial charge in [-0.15, -0.1) is 0 Å². The molecule has 7 atom stereocenters. The first-order valence-electron chi connectivity index (χ1n) is 12.4. The minimum atomic E-state index is -5.25. The Morgan fingerprint density at radius 1 is 1.00 bits per heavy atom. The third-order valence-electron chi connectivity index (χ3n) is 6.18. The zero-order valence-corrected chi connectivity index (χ0v) is 22.5. The Morgan fingerprint density at radius 3 is 2.45 bits per heavy atom. The number of aromatic nitrogens is 2. The number of ether oxygens (including phenoxy) is 3. The molecule has 0 amide bonds. The second kappa shape index (κ2) is 12.5. The van der Waals surface area contributed by atoms with E-state index in [-0.39, 0.29) is 6.42 Å². The first-order chi connectivity index (χ1) is 18.1. The Balaban J connectivity index is 1.45. The number of hydrogen-bond donors (Lipinski definition) is 1. The molecule has 2 aromatic rings. The van der Waals surface area contributed by atoms with Crippen LogP contribution in [0.15, 0.2) is 52.2 Å². The van der Waals surface area contributed by atoms with Gasteiger partial charge in [0.1, 0.15) is 25.9 Å². The van der Waals surface area contributed by atoms with Crippen LogP contribution in [0.1, 0.15) is 44.4 Å². The number of benzene rings is 1. The summed E-state index contributed by atoms with van der Waals surface area (Å²) in [4.78, 5) is 50.5. The number of nitrogens with one attached hydrogen (secondary N) is 1. The molecule has 0 spiro atoms. The van der Waals surface area contributed by atoms with Crippen molar-refractivity contribution in [3.8, 4) is 0 Å². The van der Waals surface area contributed by atoms with Gasteiger partial charge in [-0.3, -0.25) is 23.2 Å². The molecule has 2 saturated heterocycles. The molecule has 0 radical (unpaired) electrons. The molecule has 1 aromatic heterocycles.